The maximum Gasteiger partial charge on any atom is 0.415 e. The minimum absolute atomic E-state index is 0.0854. The van der Waals surface area contributed by atoms with Crippen LogP contribution < -0.4 is 0 Å². The lowest BCUT2D eigenvalue weighted by Crippen LogP contribution is -2.60. The van der Waals surface area contributed by atoms with E-state index in [-0.39, 0.29) is 13.1 Å². The number of aliphatic hydroxyl groups is 2. The highest BCUT2D eigenvalue weighted by Crippen LogP contribution is 2.25. The second-order valence-corrected chi connectivity index (χ2v) is 5.73. The molecule has 4 unspecified atom stereocenters. The van der Waals surface area contributed by atoms with Crippen molar-refractivity contribution in [1.82, 2.24) is 9.80 Å². The zero-order valence-electron chi connectivity index (χ0n) is 12.2. The zero-order valence-corrected chi connectivity index (χ0v) is 12.2. The Labute approximate surface area is 124 Å². The third kappa shape index (κ3) is 5.25. The minimum Gasteiger partial charge on any atom is -0.382 e. The number of β-amino-alcohol motifs (C(OH)–C–C–N with tert-alkyl or cyclic N) is 2. The van der Waals surface area contributed by atoms with E-state index < -0.39 is 49.7 Å². The van der Waals surface area contributed by atoms with Crippen molar-refractivity contribution in [2.24, 2.45) is 0 Å². The standard InChI is InChI=1S/C12H20F6N2O2/c1-7-3-19(5-9(21)11(13,14)15)4-8(2)20(7)6-10(22)12(16,17)18/h7-10,21-22H,3-6H2,1-2H3. The molecule has 1 heterocycles. The van der Waals surface area contributed by atoms with E-state index in [9.17, 15) is 26.3 Å². The molecule has 2 N–H and O–H groups in total. The average molecular weight is 338 g/mol. The predicted octanol–water partition coefficient (Wildman–Crippen LogP) is 1.23. The lowest BCUT2D eigenvalue weighted by Gasteiger charge is -2.45. The zero-order chi connectivity index (χ0) is 17.3. The summed E-state index contributed by atoms with van der Waals surface area (Å²) in [6.07, 6.45) is -14.4. The quantitative estimate of drug-likeness (QED) is 0.757. The van der Waals surface area contributed by atoms with E-state index in [1.165, 1.54) is 9.80 Å². The first-order chi connectivity index (χ1) is 9.82. The van der Waals surface area contributed by atoms with Crippen LogP contribution in [0.1, 0.15) is 13.8 Å². The van der Waals surface area contributed by atoms with Gasteiger partial charge in [0.05, 0.1) is 0 Å². The summed E-state index contributed by atoms with van der Waals surface area (Å²) in [7, 11) is 0. The van der Waals surface area contributed by atoms with Crippen LogP contribution >= 0.6 is 0 Å². The van der Waals surface area contributed by atoms with Gasteiger partial charge in [0.1, 0.15) is 0 Å². The maximum atomic E-state index is 12.4. The van der Waals surface area contributed by atoms with Crippen molar-refractivity contribution in [3.05, 3.63) is 0 Å². The van der Waals surface area contributed by atoms with Gasteiger partial charge in [-0.25, -0.2) is 0 Å². The van der Waals surface area contributed by atoms with Crippen LogP contribution in [-0.4, -0.2) is 82.8 Å². The monoisotopic (exact) mass is 338 g/mol. The third-order valence-corrected chi connectivity index (χ3v) is 3.75. The van der Waals surface area contributed by atoms with Crippen molar-refractivity contribution in [1.29, 1.82) is 0 Å². The van der Waals surface area contributed by atoms with Crippen molar-refractivity contribution in [3.63, 3.8) is 0 Å². The summed E-state index contributed by atoms with van der Waals surface area (Å²) in [5.74, 6) is 0. The maximum absolute atomic E-state index is 12.4. The van der Waals surface area contributed by atoms with Gasteiger partial charge in [0.2, 0.25) is 0 Å². The number of halogens is 6. The molecule has 4 atom stereocenters. The lowest BCUT2D eigenvalue weighted by atomic mass is 10.1. The Morgan fingerprint density at radius 1 is 0.864 bits per heavy atom. The van der Waals surface area contributed by atoms with Crippen LogP contribution in [0.15, 0.2) is 0 Å². The molecule has 1 fully saturated rings. The molecular formula is C12H20F6N2O2. The first-order valence-corrected chi connectivity index (χ1v) is 6.80. The molecule has 4 nitrogen and oxygen atoms in total. The smallest absolute Gasteiger partial charge is 0.382 e. The van der Waals surface area contributed by atoms with Crippen LogP contribution in [0.3, 0.4) is 0 Å². The van der Waals surface area contributed by atoms with Gasteiger partial charge >= 0.3 is 12.4 Å². The second-order valence-electron chi connectivity index (χ2n) is 5.73. The molecule has 132 valence electrons. The number of aliphatic hydroxyl groups excluding tert-OH is 2. The molecule has 0 aromatic rings. The summed E-state index contributed by atoms with van der Waals surface area (Å²) in [5.41, 5.74) is 0. The first kappa shape index (κ1) is 19.5. The van der Waals surface area contributed by atoms with Crippen molar-refractivity contribution in [2.75, 3.05) is 26.2 Å². The molecule has 0 amide bonds. The highest BCUT2D eigenvalue weighted by Gasteiger charge is 2.43. The van der Waals surface area contributed by atoms with E-state index >= 15 is 0 Å². The number of alkyl halides is 6. The van der Waals surface area contributed by atoms with Gasteiger partial charge in [0.25, 0.3) is 0 Å². The van der Waals surface area contributed by atoms with Crippen LogP contribution in [-0.2, 0) is 0 Å². The molecule has 22 heavy (non-hydrogen) atoms. The SMILES string of the molecule is CC1CN(CC(O)C(F)(F)F)CC(C)N1CC(O)C(F)(F)F. The molecule has 10 heteroatoms. The van der Waals surface area contributed by atoms with Crippen LogP contribution in [0, 0.1) is 0 Å². The number of hydrogen-bond acceptors (Lipinski definition) is 4. The van der Waals surface area contributed by atoms with Gasteiger partial charge in [-0.1, -0.05) is 0 Å². The topological polar surface area (TPSA) is 46.9 Å². The van der Waals surface area contributed by atoms with E-state index in [0.29, 0.717) is 0 Å². The van der Waals surface area contributed by atoms with Crippen LogP contribution in [0.25, 0.3) is 0 Å². The predicted molar refractivity (Wildman–Crippen MR) is 66.2 cm³/mol. The van der Waals surface area contributed by atoms with Gasteiger partial charge in [-0.05, 0) is 13.8 Å². The van der Waals surface area contributed by atoms with Gasteiger partial charge < -0.3 is 10.2 Å². The minimum atomic E-state index is -4.73. The van der Waals surface area contributed by atoms with Gasteiger partial charge in [0, 0.05) is 38.3 Å². The van der Waals surface area contributed by atoms with Crippen LogP contribution in [0.2, 0.25) is 0 Å². The Balaban J connectivity index is 2.62. The van der Waals surface area contributed by atoms with E-state index in [2.05, 4.69) is 0 Å². The summed E-state index contributed by atoms with van der Waals surface area (Å²) in [4.78, 5) is 2.78. The van der Waals surface area contributed by atoms with E-state index in [4.69, 9.17) is 10.2 Å². The molecule has 0 saturated carbocycles. The number of nitrogens with zero attached hydrogens (tertiary/aromatic N) is 2. The second kappa shape index (κ2) is 6.90. The summed E-state index contributed by atoms with van der Waals surface area (Å²) in [6.45, 7) is 2.08. The fourth-order valence-corrected chi connectivity index (χ4v) is 2.63. The Hall–Kier alpha value is -0.580. The summed E-state index contributed by atoms with van der Waals surface area (Å²) >= 11 is 0. The molecule has 1 saturated heterocycles. The fraction of sp³-hybridized carbons (Fsp3) is 1.00. The first-order valence-electron chi connectivity index (χ1n) is 6.80. The van der Waals surface area contributed by atoms with Crippen molar-refractivity contribution in [3.8, 4) is 0 Å². The van der Waals surface area contributed by atoms with Crippen molar-refractivity contribution < 1.29 is 36.6 Å². The Bertz CT molecular complexity index is 351. The molecule has 0 aromatic carbocycles. The summed E-state index contributed by atoms with van der Waals surface area (Å²) in [6, 6.07) is -0.942. The molecule has 0 aromatic heterocycles. The molecule has 1 aliphatic rings. The van der Waals surface area contributed by atoms with Gasteiger partial charge in [-0.15, -0.1) is 0 Å². The number of hydrogen-bond donors (Lipinski definition) is 2. The number of piperazine rings is 1. The van der Waals surface area contributed by atoms with E-state index in [1.807, 2.05) is 0 Å². The third-order valence-electron chi connectivity index (χ3n) is 3.75. The Morgan fingerprint density at radius 2 is 1.23 bits per heavy atom. The Kier molecular flexibility index (Phi) is 6.10. The summed E-state index contributed by atoms with van der Waals surface area (Å²) in [5, 5.41) is 18.2. The fourth-order valence-electron chi connectivity index (χ4n) is 2.63. The van der Waals surface area contributed by atoms with E-state index in [0.717, 1.165) is 0 Å². The van der Waals surface area contributed by atoms with Gasteiger partial charge in [-0.3, -0.25) is 9.80 Å². The van der Waals surface area contributed by atoms with Crippen LogP contribution in [0.4, 0.5) is 26.3 Å². The van der Waals surface area contributed by atoms with E-state index in [1.54, 1.807) is 13.8 Å². The van der Waals surface area contributed by atoms with Crippen molar-refractivity contribution in [2.45, 2.75) is 50.5 Å². The molecule has 1 rings (SSSR count). The molecule has 0 bridgehead atoms. The molecule has 0 spiro atoms. The largest absolute Gasteiger partial charge is 0.415 e. The van der Waals surface area contributed by atoms with Crippen LogP contribution in [0.5, 0.6) is 0 Å². The van der Waals surface area contributed by atoms with Crippen molar-refractivity contribution >= 4 is 0 Å². The summed E-state index contributed by atoms with van der Waals surface area (Å²) < 4.78 is 74.2. The molecule has 0 aliphatic carbocycles. The lowest BCUT2D eigenvalue weighted by molar-refractivity contribution is -0.217. The molecule has 1 aliphatic heterocycles. The van der Waals surface area contributed by atoms with Gasteiger partial charge in [-0.2, -0.15) is 26.3 Å². The molecular weight excluding hydrogens is 318 g/mol. The Morgan fingerprint density at radius 3 is 1.59 bits per heavy atom. The normalized spacial score (nSPS) is 28.6. The highest BCUT2D eigenvalue weighted by atomic mass is 19.4. The van der Waals surface area contributed by atoms with Gasteiger partial charge in [0.15, 0.2) is 12.2 Å². The average Bonchev–Trinajstić information content (AvgIpc) is 2.31. The number of rotatable bonds is 4. The molecule has 0 radical (unpaired) electrons. The highest BCUT2D eigenvalue weighted by molar-refractivity contribution is 4.88.